The van der Waals surface area contributed by atoms with Crippen LogP contribution in [0.2, 0.25) is 0 Å². The van der Waals surface area contributed by atoms with E-state index in [4.69, 9.17) is 4.42 Å². The molecule has 2 heterocycles. The first-order valence-corrected chi connectivity index (χ1v) is 12.1. The van der Waals surface area contributed by atoms with Crippen molar-refractivity contribution in [2.45, 2.75) is 4.90 Å². The van der Waals surface area contributed by atoms with Crippen molar-refractivity contribution in [3.63, 3.8) is 0 Å². The molecule has 0 aliphatic heterocycles. The summed E-state index contributed by atoms with van der Waals surface area (Å²) in [5.41, 5.74) is 0.0270. The van der Waals surface area contributed by atoms with Crippen LogP contribution in [0.4, 0.5) is 5.13 Å². The average Bonchev–Trinajstić information content (AvgIpc) is 3.19. The maximum atomic E-state index is 12.9. The number of nitrogens with zero attached hydrogens (tertiary/aromatic N) is 2. The zero-order valence-corrected chi connectivity index (χ0v) is 19.2. The minimum atomic E-state index is -3.60. The number of carbonyl (C=O) groups is 1. The van der Waals surface area contributed by atoms with Gasteiger partial charge in [-0.05, 0) is 41.1 Å². The van der Waals surface area contributed by atoms with Gasteiger partial charge in [-0.25, -0.2) is 22.5 Å². The molecule has 2 aromatic heterocycles. The van der Waals surface area contributed by atoms with E-state index in [1.165, 1.54) is 32.3 Å². The van der Waals surface area contributed by atoms with Crippen molar-refractivity contribution in [2.75, 3.05) is 19.4 Å². The molecule has 10 heteroatoms. The standard InChI is InChI=1S/C23H17N3O5S2/c1-26(2)33(29,30)14-8-9-18-20(11-14)32-23(24-18)25-21(27)17-12-16-15-6-4-3-5-13(15)7-10-19(16)31-22(17)28/h3-12H,1-2H3,(H,24,25,27). The minimum absolute atomic E-state index is 0.128. The molecule has 166 valence electrons. The zero-order chi connectivity index (χ0) is 23.3. The molecule has 0 aliphatic rings. The molecule has 0 saturated heterocycles. The van der Waals surface area contributed by atoms with E-state index >= 15 is 0 Å². The number of thiazole rings is 1. The summed E-state index contributed by atoms with van der Waals surface area (Å²) in [4.78, 5) is 29.8. The largest absolute Gasteiger partial charge is 0.422 e. The summed E-state index contributed by atoms with van der Waals surface area (Å²) in [5.74, 6) is -0.654. The van der Waals surface area contributed by atoms with Crippen molar-refractivity contribution < 1.29 is 17.6 Å². The molecule has 1 N–H and O–H groups in total. The van der Waals surface area contributed by atoms with Crippen LogP contribution in [-0.4, -0.2) is 37.7 Å². The van der Waals surface area contributed by atoms with E-state index in [0.29, 0.717) is 21.2 Å². The third-order valence-corrected chi connectivity index (χ3v) is 7.99. The molecule has 8 nitrogen and oxygen atoms in total. The molecule has 0 aliphatic carbocycles. The number of anilines is 1. The third kappa shape index (κ3) is 3.67. The molecule has 5 aromatic rings. The Labute approximate surface area is 192 Å². The third-order valence-electron chi connectivity index (χ3n) is 5.25. The normalized spacial score (nSPS) is 12.1. The number of hydrogen-bond donors (Lipinski definition) is 1. The van der Waals surface area contributed by atoms with E-state index in [2.05, 4.69) is 10.3 Å². The predicted molar refractivity (Wildman–Crippen MR) is 128 cm³/mol. The number of carbonyl (C=O) groups excluding carboxylic acids is 1. The number of rotatable bonds is 4. The summed E-state index contributed by atoms with van der Waals surface area (Å²) in [6.45, 7) is 0. The second kappa shape index (κ2) is 7.77. The van der Waals surface area contributed by atoms with Crippen LogP contribution in [-0.2, 0) is 10.0 Å². The SMILES string of the molecule is CN(C)S(=O)(=O)c1ccc2nc(NC(=O)c3cc4c(ccc5ccccc54)oc3=O)sc2c1. The van der Waals surface area contributed by atoms with Crippen LogP contribution in [0.25, 0.3) is 32.0 Å². The average molecular weight is 480 g/mol. The lowest BCUT2D eigenvalue weighted by molar-refractivity contribution is 0.102. The Morgan fingerprint density at radius 2 is 1.82 bits per heavy atom. The lowest BCUT2D eigenvalue weighted by Gasteiger charge is -2.10. The van der Waals surface area contributed by atoms with Gasteiger partial charge in [0, 0.05) is 19.5 Å². The van der Waals surface area contributed by atoms with Gasteiger partial charge in [0.25, 0.3) is 5.91 Å². The van der Waals surface area contributed by atoms with Gasteiger partial charge in [0.15, 0.2) is 5.13 Å². The highest BCUT2D eigenvalue weighted by molar-refractivity contribution is 7.89. The van der Waals surface area contributed by atoms with E-state index in [1.807, 2.05) is 30.3 Å². The molecule has 0 radical (unpaired) electrons. The van der Waals surface area contributed by atoms with Crippen LogP contribution in [0.15, 0.2) is 74.8 Å². The second-order valence-electron chi connectivity index (χ2n) is 7.54. The molecule has 1 amide bonds. The second-order valence-corrected chi connectivity index (χ2v) is 10.7. The van der Waals surface area contributed by atoms with Crippen molar-refractivity contribution >= 4 is 64.4 Å². The van der Waals surface area contributed by atoms with Crippen LogP contribution in [0.1, 0.15) is 10.4 Å². The lowest BCUT2D eigenvalue weighted by atomic mass is 10.0. The van der Waals surface area contributed by atoms with E-state index in [1.54, 1.807) is 12.1 Å². The highest BCUT2D eigenvalue weighted by atomic mass is 32.2. The molecular formula is C23H17N3O5S2. The smallest absolute Gasteiger partial charge is 0.349 e. The van der Waals surface area contributed by atoms with E-state index < -0.39 is 21.6 Å². The number of aromatic nitrogens is 1. The maximum Gasteiger partial charge on any atom is 0.349 e. The molecule has 0 bridgehead atoms. The van der Waals surface area contributed by atoms with E-state index in [-0.39, 0.29) is 15.6 Å². The van der Waals surface area contributed by atoms with Gasteiger partial charge < -0.3 is 4.42 Å². The molecule has 0 fully saturated rings. The van der Waals surface area contributed by atoms with Crippen LogP contribution in [0.3, 0.4) is 0 Å². The van der Waals surface area contributed by atoms with Gasteiger partial charge in [-0.1, -0.05) is 41.7 Å². The van der Waals surface area contributed by atoms with Crippen molar-refractivity contribution in [3.05, 3.63) is 76.6 Å². The quantitative estimate of drug-likeness (QED) is 0.308. The number of fused-ring (bicyclic) bond motifs is 4. The van der Waals surface area contributed by atoms with Crippen LogP contribution >= 0.6 is 11.3 Å². The van der Waals surface area contributed by atoms with Crippen molar-refractivity contribution in [2.24, 2.45) is 0 Å². The van der Waals surface area contributed by atoms with Gasteiger partial charge in [0.05, 0.1) is 15.1 Å². The topological polar surface area (TPSA) is 110 Å². The molecule has 0 atom stereocenters. The summed E-state index contributed by atoms with van der Waals surface area (Å²) in [6.07, 6.45) is 0. The van der Waals surface area contributed by atoms with Crippen LogP contribution in [0, 0.1) is 0 Å². The summed E-state index contributed by atoms with van der Waals surface area (Å²) < 4.78 is 31.9. The Bertz CT molecular complexity index is 1740. The first-order valence-electron chi connectivity index (χ1n) is 9.84. The summed E-state index contributed by atoms with van der Waals surface area (Å²) >= 11 is 1.12. The van der Waals surface area contributed by atoms with E-state index in [9.17, 15) is 18.0 Å². The van der Waals surface area contributed by atoms with Gasteiger partial charge in [0.2, 0.25) is 10.0 Å². The lowest BCUT2D eigenvalue weighted by Crippen LogP contribution is -2.22. The Balaban J connectivity index is 1.52. The Hall–Kier alpha value is -3.60. The van der Waals surface area contributed by atoms with Gasteiger partial charge in [-0.2, -0.15) is 0 Å². The van der Waals surface area contributed by atoms with Crippen molar-refractivity contribution in [3.8, 4) is 0 Å². The molecule has 0 spiro atoms. The zero-order valence-electron chi connectivity index (χ0n) is 17.5. The molecular weight excluding hydrogens is 462 g/mol. The Kier molecular flexibility index (Phi) is 5.00. The first kappa shape index (κ1) is 21.3. The van der Waals surface area contributed by atoms with Gasteiger partial charge >= 0.3 is 5.63 Å². The summed E-state index contributed by atoms with van der Waals surface area (Å²) in [6, 6.07) is 17.2. The van der Waals surface area contributed by atoms with Crippen LogP contribution in [0.5, 0.6) is 0 Å². The number of nitrogens with one attached hydrogen (secondary N) is 1. The Morgan fingerprint density at radius 1 is 1.03 bits per heavy atom. The number of benzene rings is 3. The highest BCUT2D eigenvalue weighted by Gasteiger charge is 2.20. The van der Waals surface area contributed by atoms with E-state index in [0.717, 1.165) is 26.4 Å². The number of amides is 1. The summed E-state index contributed by atoms with van der Waals surface area (Å²) in [5, 5.41) is 5.35. The van der Waals surface area contributed by atoms with Gasteiger partial charge in [-0.3, -0.25) is 10.1 Å². The van der Waals surface area contributed by atoms with Crippen molar-refractivity contribution in [1.29, 1.82) is 0 Å². The minimum Gasteiger partial charge on any atom is -0.422 e. The monoisotopic (exact) mass is 479 g/mol. The predicted octanol–water partition coefficient (Wildman–Crippen LogP) is 4.06. The van der Waals surface area contributed by atoms with Crippen LogP contribution < -0.4 is 10.9 Å². The van der Waals surface area contributed by atoms with Crippen molar-refractivity contribution in [1.82, 2.24) is 9.29 Å². The van der Waals surface area contributed by atoms with Gasteiger partial charge in [-0.15, -0.1) is 0 Å². The summed E-state index contributed by atoms with van der Waals surface area (Å²) in [7, 11) is -0.689. The molecule has 5 rings (SSSR count). The number of hydrogen-bond acceptors (Lipinski definition) is 7. The fourth-order valence-electron chi connectivity index (χ4n) is 3.52. The fraction of sp³-hybridized carbons (Fsp3) is 0.0870. The molecule has 3 aromatic carbocycles. The highest BCUT2D eigenvalue weighted by Crippen LogP contribution is 2.30. The molecule has 33 heavy (non-hydrogen) atoms. The van der Waals surface area contributed by atoms with Gasteiger partial charge in [0.1, 0.15) is 11.1 Å². The molecule has 0 unspecified atom stereocenters. The first-order chi connectivity index (χ1) is 15.7. The fourth-order valence-corrected chi connectivity index (χ4v) is 5.43. The Morgan fingerprint density at radius 3 is 2.61 bits per heavy atom. The molecule has 0 saturated carbocycles. The maximum absolute atomic E-state index is 12.9. The number of sulfonamides is 1.